The minimum atomic E-state index is -0.144. The molecule has 19 heavy (non-hydrogen) atoms. The highest BCUT2D eigenvalue weighted by Gasteiger charge is 2.13. The van der Waals surface area contributed by atoms with Gasteiger partial charge in [0, 0.05) is 19.2 Å². The van der Waals surface area contributed by atoms with Gasteiger partial charge < -0.3 is 5.73 Å². The average Bonchev–Trinajstić information content (AvgIpc) is 2.75. The normalized spacial score (nSPS) is 12.9. The van der Waals surface area contributed by atoms with Gasteiger partial charge in [0.2, 0.25) is 0 Å². The molecular weight excluding hydrogens is 238 g/mol. The molecule has 2 aromatic heterocycles. The van der Waals surface area contributed by atoms with Crippen molar-refractivity contribution in [2.24, 2.45) is 11.7 Å². The second-order valence-electron chi connectivity index (χ2n) is 5.32. The number of nitrogens with two attached hydrogens (primary N) is 1. The second kappa shape index (κ2) is 5.93. The van der Waals surface area contributed by atoms with Crippen molar-refractivity contribution in [3.8, 4) is 0 Å². The highest BCUT2D eigenvalue weighted by Crippen LogP contribution is 2.14. The lowest BCUT2D eigenvalue weighted by atomic mass is 10.1. The predicted octanol–water partition coefficient (Wildman–Crippen LogP) is 1.88. The average molecular weight is 259 g/mol. The first-order valence-electron chi connectivity index (χ1n) is 6.61. The van der Waals surface area contributed by atoms with Crippen LogP contribution in [0.3, 0.4) is 0 Å². The minimum absolute atomic E-state index is 0.144. The Morgan fingerprint density at radius 2 is 2.11 bits per heavy atom. The summed E-state index contributed by atoms with van der Waals surface area (Å²) in [5, 5.41) is 4.25. The molecule has 0 aliphatic carbocycles. The Morgan fingerprint density at radius 3 is 2.79 bits per heavy atom. The lowest BCUT2D eigenvalue weighted by Crippen LogP contribution is -2.19. The van der Waals surface area contributed by atoms with Crippen LogP contribution in [0.2, 0.25) is 0 Å². The summed E-state index contributed by atoms with van der Waals surface area (Å²) < 4.78 is 1.93. The van der Waals surface area contributed by atoms with Crippen LogP contribution >= 0.6 is 0 Å². The van der Waals surface area contributed by atoms with Crippen LogP contribution in [0.5, 0.6) is 0 Å². The van der Waals surface area contributed by atoms with Crippen LogP contribution in [0.1, 0.15) is 37.0 Å². The molecule has 0 bridgehead atoms. The molecule has 102 valence electrons. The van der Waals surface area contributed by atoms with Crippen LogP contribution in [0.4, 0.5) is 0 Å². The third-order valence-corrected chi connectivity index (χ3v) is 2.95. The van der Waals surface area contributed by atoms with Gasteiger partial charge in [-0.2, -0.15) is 5.10 Å². The van der Waals surface area contributed by atoms with Crippen LogP contribution < -0.4 is 5.73 Å². The van der Waals surface area contributed by atoms with Gasteiger partial charge >= 0.3 is 0 Å². The number of aryl methyl sites for hydroxylation is 1. The molecule has 0 aromatic carbocycles. The molecule has 1 unspecified atom stereocenters. The summed E-state index contributed by atoms with van der Waals surface area (Å²) in [6, 6.07) is 3.85. The van der Waals surface area contributed by atoms with E-state index in [9.17, 15) is 0 Å². The number of aromatic nitrogens is 4. The van der Waals surface area contributed by atoms with Crippen molar-refractivity contribution in [3.63, 3.8) is 0 Å². The summed E-state index contributed by atoms with van der Waals surface area (Å²) in [6.07, 6.45) is 4.04. The molecule has 2 N–H and O–H groups in total. The monoisotopic (exact) mass is 259 g/mol. The van der Waals surface area contributed by atoms with E-state index in [-0.39, 0.29) is 6.04 Å². The van der Waals surface area contributed by atoms with Crippen molar-refractivity contribution in [2.75, 3.05) is 0 Å². The Kier molecular flexibility index (Phi) is 4.27. The Hall–Kier alpha value is -1.75. The van der Waals surface area contributed by atoms with Gasteiger partial charge in [-0.3, -0.25) is 4.98 Å². The SMILES string of the molecule is Cc1ccnc(C(N)Cc2ncnn2CC(C)C)c1. The van der Waals surface area contributed by atoms with E-state index in [0.717, 1.165) is 18.1 Å². The Bertz CT molecular complexity index is 532. The van der Waals surface area contributed by atoms with E-state index in [1.165, 1.54) is 5.56 Å². The van der Waals surface area contributed by atoms with Crippen molar-refractivity contribution in [3.05, 3.63) is 41.7 Å². The number of hydrogen-bond donors (Lipinski definition) is 1. The lowest BCUT2D eigenvalue weighted by Gasteiger charge is -2.13. The number of pyridine rings is 1. The summed E-state index contributed by atoms with van der Waals surface area (Å²) in [5.41, 5.74) is 8.28. The van der Waals surface area contributed by atoms with Crippen molar-refractivity contribution < 1.29 is 0 Å². The molecule has 0 amide bonds. The molecule has 0 radical (unpaired) electrons. The molecule has 0 saturated heterocycles. The van der Waals surface area contributed by atoms with Gasteiger partial charge in [-0.1, -0.05) is 13.8 Å². The molecule has 2 heterocycles. The highest BCUT2D eigenvalue weighted by molar-refractivity contribution is 5.17. The highest BCUT2D eigenvalue weighted by atomic mass is 15.3. The number of hydrogen-bond acceptors (Lipinski definition) is 4. The largest absolute Gasteiger partial charge is 0.322 e. The first-order valence-corrected chi connectivity index (χ1v) is 6.61. The van der Waals surface area contributed by atoms with Crippen LogP contribution in [0, 0.1) is 12.8 Å². The minimum Gasteiger partial charge on any atom is -0.322 e. The van der Waals surface area contributed by atoms with Crippen molar-refractivity contribution >= 4 is 0 Å². The van der Waals surface area contributed by atoms with Crippen molar-refractivity contribution in [1.82, 2.24) is 19.7 Å². The van der Waals surface area contributed by atoms with E-state index in [0.29, 0.717) is 12.3 Å². The fourth-order valence-corrected chi connectivity index (χ4v) is 2.01. The van der Waals surface area contributed by atoms with Gasteiger partial charge in [0.1, 0.15) is 12.2 Å². The Morgan fingerprint density at radius 1 is 1.32 bits per heavy atom. The molecule has 5 heteroatoms. The maximum absolute atomic E-state index is 6.21. The van der Waals surface area contributed by atoms with Gasteiger partial charge in [-0.05, 0) is 30.5 Å². The molecule has 5 nitrogen and oxygen atoms in total. The first kappa shape index (κ1) is 13.7. The maximum Gasteiger partial charge on any atom is 0.138 e. The zero-order valence-electron chi connectivity index (χ0n) is 11.7. The zero-order chi connectivity index (χ0) is 13.8. The molecule has 0 saturated carbocycles. The smallest absolute Gasteiger partial charge is 0.138 e. The van der Waals surface area contributed by atoms with Gasteiger partial charge in [-0.15, -0.1) is 0 Å². The van der Waals surface area contributed by atoms with E-state index in [1.807, 2.05) is 23.7 Å². The molecule has 0 aliphatic rings. The van der Waals surface area contributed by atoms with E-state index >= 15 is 0 Å². The summed E-state index contributed by atoms with van der Waals surface area (Å²) in [7, 11) is 0. The standard InChI is InChI=1S/C14H21N5/c1-10(2)8-19-14(17-9-18-19)7-12(15)13-6-11(3)4-5-16-13/h4-6,9-10,12H,7-8,15H2,1-3H3. The topological polar surface area (TPSA) is 69.6 Å². The molecule has 0 fully saturated rings. The summed E-state index contributed by atoms with van der Waals surface area (Å²) >= 11 is 0. The van der Waals surface area contributed by atoms with Crippen LogP contribution in [-0.2, 0) is 13.0 Å². The van der Waals surface area contributed by atoms with Gasteiger partial charge in [0.05, 0.1) is 11.7 Å². The second-order valence-corrected chi connectivity index (χ2v) is 5.32. The van der Waals surface area contributed by atoms with Gasteiger partial charge in [0.25, 0.3) is 0 Å². The van der Waals surface area contributed by atoms with Crippen LogP contribution in [0.15, 0.2) is 24.7 Å². The fraction of sp³-hybridized carbons (Fsp3) is 0.500. The molecular formula is C14H21N5. The van der Waals surface area contributed by atoms with Crippen LogP contribution in [-0.4, -0.2) is 19.7 Å². The molecule has 2 aromatic rings. The third-order valence-electron chi connectivity index (χ3n) is 2.95. The van der Waals surface area contributed by atoms with Crippen molar-refractivity contribution in [1.29, 1.82) is 0 Å². The number of rotatable bonds is 5. The Balaban J connectivity index is 2.10. The third kappa shape index (κ3) is 3.61. The van der Waals surface area contributed by atoms with Gasteiger partial charge in [0.15, 0.2) is 0 Å². The van der Waals surface area contributed by atoms with Crippen molar-refractivity contribution in [2.45, 2.75) is 39.8 Å². The number of nitrogens with zero attached hydrogens (tertiary/aromatic N) is 4. The molecule has 0 aliphatic heterocycles. The summed E-state index contributed by atoms with van der Waals surface area (Å²) in [5.74, 6) is 1.46. The lowest BCUT2D eigenvalue weighted by molar-refractivity contribution is 0.458. The summed E-state index contributed by atoms with van der Waals surface area (Å²) in [4.78, 5) is 8.63. The summed E-state index contributed by atoms with van der Waals surface area (Å²) in [6.45, 7) is 7.23. The Labute approximate surface area is 113 Å². The van der Waals surface area contributed by atoms with Crippen LogP contribution in [0.25, 0.3) is 0 Å². The molecule has 0 spiro atoms. The predicted molar refractivity (Wildman–Crippen MR) is 74.5 cm³/mol. The maximum atomic E-state index is 6.21. The van der Waals surface area contributed by atoms with E-state index in [1.54, 1.807) is 12.5 Å². The zero-order valence-corrected chi connectivity index (χ0v) is 11.7. The fourth-order valence-electron chi connectivity index (χ4n) is 2.01. The van der Waals surface area contributed by atoms with E-state index < -0.39 is 0 Å². The quantitative estimate of drug-likeness (QED) is 0.890. The van der Waals surface area contributed by atoms with E-state index in [2.05, 4.69) is 28.9 Å². The molecule has 2 rings (SSSR count). The first-order chi connectivity index (χ1) is 9.06. The molecule has 1 atom stereocenters. The van der Waals surface area contributed by atoms with E-state index in [4.69, 9.17) is 5.73 Å². The van der Waals surface area contributed by atoms with Gasteiger partial charge in [-0.25, -0.2) is 9.67 Å².